The third kappa shape index (κ3) is 0.469. The summed E-state index contributed by atoms with van der Waals surface area (Å²) in [6.07, 6.45) is 7.15. The average Bonchev–Trinajstić information content (AvgIpc) is 1.31. The summed E-state index contributed by atoms with van der Waals surface area (Å²) in [5.41, 5.74) is 1.52. The van der Waals surface area contributed by atoms with Crippen LogP contribution in [0, 0.1) is 6.08 Å². The Labute approximate surface area is 38.9 Å². The van der Waals surface area contributed by atoms with Crippen molar-refractivity contribution in [1.82, 2.24) is 0 Å². The molecule has 6 heavy (non-hydrogen) atoms. The second-order valence-electron chi connectivity index (χ2n) is 1.71. The Morgan fingerprint density at radius 2 is 2.17 bits per heavy atom. The van der Waals surface area contributed by atoms with E-state index in [0.29, 0.717) is 0 Å². The fourth-order valence-corrected chi connectivity index (χ4v) is 0.604. The quantitative estimate of drug-likeness (QED) is 0.418. The van der Waals surface area contributed by atoms with Crippen molar-refractivity contribution in [1.29, 1.82) is 0 Å². The van der Waals surface area contributed by atoms with Crippen molar-refractivity contribution >= 4 is 0 Å². The highest BCUT2D eigenvalue weighted by Gasteiger charge is 2.04. The smallest absolute Gasteiger partial charge is 0.0311 e. The van der Waals surface area contributed by atoms with E-state index in [2.05, 4.69) is 6.08 Å². The second kappa shape index (κ2) is 1.46. The van der Waals surface area contributed by atoms with Gasteiger partial charge in [0, 0.05) is 0 Å². The maximum absolute atomic E-state index is 3.12. The molecular formula is C6H9. The molecule has 0 aromatic carbocycles. The van der Waals surface area contributed by atoms with Crippen LogP contribution in [0.4, 0.5) is 0 Å². The lowest BCUT2D eigenvalue weighted by molar-refractivity contribution is 0.656. The van der Waals surface area contributed by atoms with Crippen molar-refractivity contribution in [3.8, 4) is 0 Å². The first-order chi connectivity index (χ1) is 2.93. The second-order valence-corrected chi connectivity index (χ2v) is 1.71. The van der Waals surface area contributed by atoms with Crippen LogP contribution in [0.15, 0.2) is 5.57 Å². The van der Waals surface area contributed by atoms with Gasteiger partial charge in [-0.2, -0.15) is 0 Å². The molecule has 33 valence electrons. The van der Waals surface area contributed by atoms with Gasteiger partial charge in [-0.3, -0.25) is 0 Å². The molecule has 0 heteroatoms. The van der Waals surface area contributed by atoms with Crippen LogP contribution in [0.3, 0.4) is 0 Å². The van der Waals surface area contributed by atoms with Crippen molar-refractivity contribution < 1.29 is 0 Å². The maximum atomic E-state index is 3.12. The summed E-state index contributed by atoms with van der Waals surface area (Å²) in [6.45, 7) is 1.99. The van der Waals surface area contributed by atoms with Crippen LogP contribution < -0.4 is 0 Å². The first kappa shape index (κ1) is 3.91. The van der Waals surface area contributed by atoms with E-state index >= 15 is 0 Å². The van der Waals surface area contributed by atoms with Gasteiger partial charge in [-0.1, -0.05) is 5.57 Å². The van der Waals surface area contributed by atoms with E-state index in [1.807, 2.05) is 6.92 Å². The zero-order valence-corrected chi connectivity index (χ0v) is 4.12. The summed E-state index contributed by atoms with van der Waals surface area (Å²) in [4.78, 5) is 0. The molecule has 1 aliphatic carbocycles. The molecule has 0 N–H and O–H groups in total. The number of rotatable bonds is 0. The van der Waals surface area contributed by atoms with Crippen LogP contribution >= 0.6 is 0 Å². The van der Waals surface area contributed by atoms with Crippen molar-refractivity contribution in [2.45, 2.75) is 26.2 Å². The minimum absolute atomic E-state index is 1.32. The van der Waals surface area contributed by atoms with Gasteiger partial charge in [0.2, 0.25) is 0 Å². The van der Waals surface area contributed by atoms with E-state index < -0.39 is 0 Å². The highest BCUT2D eigenvalue weighted by Crippen LogP contribution is 2.23. The van der Waals surface area contributed by atoms with Gasteiger partial charge >= 0.3 is 0 Å². The Hall–Kier alpha value is -0.260. The van der Waals surface area contributed by atoms with E-state index in [1.165, 1.54) is 24.8 Å². The average molecular weight is 81.1 g/mol. The third-order valence-corrected chi connectivity index (χ3v) is 1.31. The lowest BCUT2D eigenvalue weighted by atomic mass is 9.93. The summed E-state index contributed by atoms with van der Waals surface area (Å²) in [5.74, 6) is 0. The van der Waals surface area contributed by atoms with Gasteiger partial charge in [0.05, 0.1) is 0 Å². The monoisotopic (exact) mass is 81.1 g/mol. The summed E-state index contributed by atoms with van der Waals surface area (Å²) in [5, 5.41) is 0. The first-order valence-electron chi connectivity index (χ1n) is 2.46. The van der Waals surface area contributed by atoms with Gasteiger partial charge in [0.1, 0.15) is 0 Å². The Kier molecular flexibility index (Phi) is 0.952. The number of hydrogen-bond donors (Lipinski definition) is 0. The molecule has 1 fully saturated rings. The van der Waals surface area contributed by atoms with Gasteiger partial charge in [0.25, 0.3) is 0 Å². The largest absolute Gasteiger partial charge is 0.0670 e. The van der Waals surface area contributed by atoms with Gasteiger partial charge < -0.3 is 0 Å². The molecule has 0 aromatic heterocycles. The molecule has 0 amide bonds. The van der Waals surface area contributed by atoms with Crippen LogP contribution in [0.25, 0.3) is 0 Å². The fraction of sp³-hybridized carbons (Fsp3) is 0.667. The molecule has 0 aliphatic heterocycles. The summed E-state index contributed by atoms with van der Waals surface area (Å²) in [7, 11) is 0. The molecule has 0 nitrogen and oxygen atoms in total. The minimum atomic E-state index is 1.32. The van der Waals surface area contributed by atoms with Gasteiger partial charge in [-0.15, -0.1) is 0 Å². The van der Waals surface area contributed by atoms with Gasteiger partial charge in [0.15, 0.2) is 0 Å². The first-order valence-corrected chi connectivity index (χ1v) is 2.46. The van der Waals surface area contributed by atoms with Crippen LogP contribution in [-0.2, 0) is 0 Å². The van der Waals surface area contributed by atoms with E-state index in [0.717, 1.165) is 0 Å². The highest BCUT2D eigenvalue weighted by atomic mass is 14.1. The molecule has 0 atom stereocenters. The predicted molar refractivity (Wildman–Crippen MR) is 26.3 cm³/mol. The Bertz CT molecular complexity index is 64.1. The molecule has 0 spiro atoms. The minimum Gasteiger partial charge on any atom is -0.0670 e. The van der Waals surface area contributed by atoms with Crippen LogP contribution in [0.1, 0.15) is 26.2 Å². The van der Waals surface area contributed by atoms with Crippen molar-refractivity contribution in [2.24, 2.45) is 0 Å². The van der Waals surface area contributed by atoms with E-state index in [4.69, 9.17) is 0 Å². The van der Waals surface area contributed by atoms with Crippen molar-refractivity contribution in [2.75, 3.05) is 0 Å². The molecule has 0 aromatic rings. The van der Waals surface area contributed by atoms with E-state index in [-0.39, 0.29) is 0 Å². The normalized spacial score (nSPS) is 19.8. The van der Waals surface area contributed by atoms with Gasteiger partial charge in [-0.25, -0.2) is 0 Å². The molecular weight excluding hydrogens is 72.1 g/mol. The lowest BCUT2D eigenvalue weighted by Crippen LogP contribution is -1.94. The van der Waals surface area contributed by atoms with Crippen LogP contribution in [0.5, 0.6) is 0 Å². The zero-order chi connectivity index (χ0) is 4.41. The van der Waals surface area contributed by atoms with E-state index in [1.54, 1.807) is 0 Å². The molecule has 0 unspecified atom stereocenters. The standard InChI is InChI=1S/C6H9/c1-2-6-4-3-5-6/h3-5H2,1H3. The molecule has 1 aliphatic rings. The Morgan fingerprint density at radius 1 is 1.50 bits per heavy atom. The third-order valence-electron chi connectivity index (χ3n) is 1.31. The van der Waals surface area contributed by atoms with Crippen molar-refractivity contribution in [3.63, 3.8) is 0 Å². The van der Waals surface area contributed by atoms with Crippen LogP contribution in [-0.4, -0.2) is 0 Å². The predicted octanol–water partition coefficient (Wildman–Crippen LogP) is 1.92. The topological polar surface area (TPSA) is 0 Å². The zero-order valence-electron chi connectivity index (χ0n) is 4.12. The lowest BCUT2D eigenvalue weighted by Gasteiger charge is -2.13. The molecule has 1 rings (SSSR count). The Morgan fingerprint density at radius 3 is 2.17 bits per heavy atom. The van der Waals surface area contributed by atoms with Crippen molar-refractivity contribution in [3.05, 3.63) is 11.6 Å². The SMILES string of the molecule is C[C]=C1CCC1. The fourth-order valence-electron chi connectivity index (χ4n) is 0.604. The van der Waals surface area contributed by atoms with Crippen LogP contribution in [0.2, 0.25) is 0 Å². The molecule has 1 radical (unpaired) electrons. The van der Waals surface area contributed by atoms with Gasteiger partial charge in [-0.05, 0) is 32.3 Å². The molecule has 0 bridgehead atoms. The number of allylic oxidation sites excluding steroid dienone is 2. The van der Waals surface area contributed by atoms with E-state index in [9.17, 15) is 0 Å². The highest BCUT2D eigenvalue weighted by molar-refractivity contribution is 5.03. The maximum Gasteiger partial charge on any atom is -0.0311 e. The summed E-state index contributed by atoms with van der Waals surface area (Å²) < 4.78 is 0. The summed E-state index contributed by atoms with van der Waals surface area (Å²) >= 11 is 0. The number of hydrogen-bond acceptors (Lipinski definition) is 0. The molecule has 0 saturated heterocycles. The molecule has 0 heterocycles. The molecule has 1 saturated carbocycles. The Balaban J connectivity index is 2.34. The summed E-state index contributed by atoms with van der Waals surface area (Å²) in [6, 6.07) is 0.